The lowest BCUT2D eigenvalue weighted by Gasteiger charge is -2.29. The van der Waals surface area contributed by atoms with Gasteiger partial charge in [-0.3, -0.25) is 0 Å². The average Bonchev–Trinajstić information content (AvgIpc) is 2.86. The minimum absolute atomic E-state index is 0.170. The number of hydrogen-bond acceptors (Lipinski definition) is 9. The summed E-state index contributed by atoms with van der Waals surface area (Å²) >= 11 is 6.33. The van der Waals surface area contributed by atoms with Crippen LogP contribution in [0.1, 0.15) is 0 Å². The summed E-state index contributed by atoms with van der Waals surface area (Å²) < 4.78 is 34.9. The first-order chi connectivity index (χ1) is 16.8. The van der Waals surface area contributed by atoms with Crippen molar-refractivity contribution in [3.63, 3.8) is 0 Å². The monoisotopic (exact) mass is 518 g/mol. The summed E-state index contributed by atoms with van der Waals surface area (Å²) in [6.07, 6.45) is 1.45. The zero-order valence-corrected chi connectivity index (χ0v) is 21.7. The highest BCUT2D eigenvalue weighted by atomic mass is 35.5. The Bertz CT molecular complexity index is 1250. The molecule has 0 spiro atoms. The quantitative estimate of drug-likeness (QED) is 0.423. The van der Waals surface area contributed by atoms with Crippen molar-refractivity contribution in [3.8, 4) is 23.1 Å². The minimum Gasteiger partial charge on any atom is -0.495 e. The van der Waals surface area contributed by atoms with Crippen LogP contribution >= 0.6 is 18.7 Å². The molecule has 1 fully saturated rings. The van der Waals surface area contributed by atoms with Crippen molar-refractivity contribution in [3.05, 3.63) is 47.6 Å². The van der Waals surface area contributed by atoms with Crippen molar-refractivity contribution >= 4 is 41.4 Å². The summed E-state index contributed by atoms with van der Waals surface area (Å²) in [5.74, 6) is 1.98. The van der Waals surface area contributed by atoms with Gasteiger partial charge in [0.05, 0.1) is 39.3 Å². The molecule has 35 heavy (non-hydrogen) atoms. The van der Waals surface area contributed by atoms with E-state index >= 15 is 0 Å². The summed E-state index contributed by atoms with van der Waals surface area (Å²) in [7, 11) is 0.699. The van der Waals surface area contributed by atoms with Crippen LogP contribution in [0.4, 0.5) is 17.3 Å². The van der Waals surface area contributed by atoms with Gasteiger partial charge in [0.25, 0.3) is 0 Å². The maximum Gasteiger partial charge on any atom is 0.243 e. The lowest BCUT2D eigenvalue weighted by Crippen LogP contribution is -2.36. The Balaban J connectivity index is 1.57. The molecule has 0 unspecified atom stereocenters. The first-order valence-electron chi connectivity index (χ1n) is 11.0. The van der Waals surface area contributed by atoms with E-state index in [1.165, 1.54) is 6.20 Å². The highest BCUT2D eigenvalue weighted by Gasteiger charge is 2.18. The van der Waals surface area contributed by atoms with E-state index in [2.05, 4.69) is 20.2 Å². The van der Waals surface area contributed by atoms with Gasteiger partial charge in [-0.05, 0) is 43.7 Å². The average molecular weight is 519 g/mol. The Morgan fingerprint density at radius 1 is 1.03 bits per heavy atom. The van der Waals surface area contributed by atoms with Crippen LogP contribution in [0.15, 0.2) is 42.6 Å². The van der Waals surface area contributed by atoms with E-state index in [-0.39, 0.29) is 16.9 Å². The topological polar surface area (TPSA) is 95.0 Å². The number of nitrogens with one attached hydrogen (secondary N) is 1. The number of halogens is 1. The molecule has 4 rings (SSSR count). The molecule has 0 amide bonds. The van der Waals surface area contributed by atoms with Crippen LogP contribution in [0.3, 0.4) is 0 Å². The van der Waals surface area contributed by atoms with E-state index in [9.17, 15) is 4.57 Å². The van der Waals surface area contributed by atoms with Gasteiger partial charge in [0.2, 0.25) is 11.8 Å². The molecule has 1 N–H and O–H groups in total. The number of morpholine rings is 1. The van der Waals surface area contributed by atoms with Crippen molar-refractivity contribution in [1.29, 1.82) is 0 Å². The molecular weight excluding hydrogens is 491 g/mol. The third kappa shape index (κ3) is 5.99. The van der Waals surface area contributed by atoms with E-state index in [1.807, 2.05) is 18.2 Å². The largest absolute Gasteiger partial charge is 0.495 e. The van der Waals surface area contributed by atoms with E-state index in [0.29, 0.717) is 41.5 Å². The van der Waals surface area contributed by atoms with Crippen molar-refractivity contribution in [1.82, 2.24) is 9.97 Å². The summed E-state index contributed by atoms with van der Waals surface area (Å²) in [6.45, 7) is 6.43. The number of methoxy groups -OCH3 is 2. The van der Waals surface area contributed by atoms with Crippen molar-refractivity contribution in [2.75, 3.05) is 64.1 Å². The number of ether oxygens (including phenoxy) is 4. The normalized spacial score (nSPS) is 13.9. The van der Waals surface area contributed by atoms with Gasteiger partial charge in [-0.15, -0.1) is 0 Å². The molecule has 1 saturated heterocycles. The standard InChI is InChI=1S/C24H28ClN4O5P/c1-31-21-14-17(35(3,4)30)6-7-19(21)27-24-26-15-18(25)23(28-24)34-20-8-5-16(13-22(20)32-2)29-9-11-33-12-10-29/h5-8,13-15H,9-12H2,1-4H3,(H,26,27,28). The third-order valence-electron chi connectivity index (χ3n) is 5.50. The van der Waals surface area contributed by atoms with E-state index < -0.39 is 7.14 Å². The van der Waals surface area contributed by atoms with Crippen LogP contribution < -0.4 is 29.7 Å². The number of rotatable bonds is 8. The van der Waals surface area contributed by atoms with Gasteiger partial charge in [-0.2, -0.15) is 4.98 Å². The number of nitrogens with zero attached hydrogens (tertiary/aromatic N) is 3. The number of aromatic nitrogens is 2. The highest BCUT2D eigenvalue weighted by Crippen LogP contribution is 2.39. The minimum atomic E-state index is -2.43. The van der Waals surface area contributed by atoms with Gasteiger partial charge in [0.15, 0.2) is 11.5 Å². The molecule has 1 aliphatic rings. The molecule has 0 saturated carbocycles. The molecule has 1 aromatic heterocycles. The van der Waals surface area contributed by atoms with Crippen LogP contribution in [-0.2, 0) is 9.30 Å². The van der Waals surface area contributed by atoms with Crippen LogP contribution in [0.5, 0.6) is 23.1 Å². The molecule has 0 radical (unpaired) electrons. The maximum atomic E-state index is 12.4. The molecule has 186 valence electrons. The van der Waals surface area contributed by atoms with Gasteiger partial charge in [-0.25, -0.2) is 4.98 Å². The first-order valence-corrected chi connectivity index (χ1v) is 14.0. The predicted octanol–water partition coefficient (Wildman–Crippen LogP) is 4.77. The van der Waals surface area contributed by atoms with E-state index in [4.69, 9.17) is 30.5 Å². The Kier molecular flexibility index (Phi) is 7.69. The van der Waals surface area contributed by atoms with Crippen LogP contribution in [0.25, 0.3) is 0 Å². The first kappa shape index (κ1) is 25.1. The van der Waals surface area contributed by atoms with Gasteiger partial charge in [-0.1, -0.05) is 11.6 Å². The van der Waals surface area contributed by atoms with Crippen molar-refractivity contribution in [2.45, 2.75) is 0 Å². The molecule has 11 heteroatoms. The molecular formula is C24H28ClN4O5P. The number of hydrogen-bond donors (Lipinski definition) is 1. The van der Waals surface area contributed by atoms with Gasteiger partial charge in [0.1, 0.15) is 17.9 Å². The van der Waals surface area contributed by atoms with Gasteiger partial charge >= 0.3 is 0 Å². The van der Waals surface area contributed by atoms with Crippen molar-refractivity contribution < 1.29 is 23.5 Å². The highest BCUT2D eigenvalue weighted by molar-refractivity contribution is 7.70. The zero-order chi connectivity index (χ0) is 25.0. The molecule has 0 bridgehead atoms. The Morgan fingerprint density at radius 3 is 2.46 bits per heavy atom. The fourth-order valence-corrected chi connectivity index (χ4v) is 4.58. The molecule has 3 aromatic rings. The molecule has 1 aliphatic heterocycles. The second kappa shape index (κ2) is 10.7. The smallest absolute Gasteiger partial charge is 0.243 e. The van der Waals surface area contributed by atoms with Crippen LogP contribution in [-0.4, -0.2) is 63.8 Å². The predicted molar refractivity (Wildman–Crippen MR) is 139 cm³/mol. The second-order valence-electron chi connectivity index (χ2n) is 8.24. The summed E-state index contributed by atoms with van der Waals surface area (Å²) in [5, 5.41) is 4.07. The number of benzene rings is 2. The lowest BCUT2D eigenvalue weighted by molar-refractivity contribution is 0.122. The molecule has 2 heterocycles. The lowest BCUT2D eigenvalue weighted by atomic mass is 10.2. The van der Waals surface area contributed by atoms with Crippen LogP contribution in [0, 0.1) is 0 Å². The van der Waals surface area contributed by atoms with Gasteiger partial charge in [0, 0.05) is 30.1 Å². The Hall–Kier alpha value is -3.00. The maximum absolute atomic E-state index is 12.4. The van der Waals surface area contributed by atoms with Crippen LogP contribution in [0.2, 0.25) is 5.02 Å². The van der Waals surface area contributed by atoms with Crippen molar-refractivity contribution in [2.24, 2.45) is 0 Å². The van der Waals surface area contributed by atoms with E-state index in [0.717, 1.165) is 18.8 Å². The summed E-state index contributed by atoms with van der Waals surface area (Å²) in [4.78, 5) is 10.9. The summed E-state index contributed by atoms with van der Waals surface area (Å²) in [6, 6.07) is 11.0. The van der Waals surface area contributed by atoms with Gasteiger partial charge < -0.3 is 33.7 Å². The molecule has 2 aromatic carbocycles. The number of anilines is 3. The Morgan fingerprint density at radius 2 is 1.77 bits per heavy atom. The fraction of sp³-hybridized carbons (Fsp3) is 0.333. The SMILES string of the molecule is COc1cc(P(C)(C)=O)ccc1Nc1ncc(Cl)c(Oc2ccc(N3CCOCC3)cc2OC)n1. The third-order valence-corrected chi connectivity index (χ3v) is 7.28. The molecule has 0 aliphatic carbocycles. The zero-order valence-electron chi connectivity index (χ0n) is 20.1. The van der Waals surface area contributed by atoms with E-state index in [1.54, 1.807) is 45.7 Å². The fourth-order valence-electron chi connectivity index (χ4n) is 3.58. The second-order valence-corrected chi connectivity index (χ2v) is 11.9. The molecule has 0 atom stereocenters. The molecule has 9 nitrogen and oxygen atoms in total. The summed E-state index contributed by atoms with van der Waals surface area (Å²) in [5.41, 5.74) is 1.64. The Labute approximate surface area is 209 Å².